The number of fused-ring (bicyclic) bond motifs is 2. The molecule has 0 radical (unpaired) electrons. The van der Waals surface area contributed by atoms with Gasteiger partial charge in [0.2, 0.25) is 5.78 Å². The highest BCUT2D eigenvalue weighted by atomic mass is 16.5. The molecule has 0 spiro atoms. The van der Waals surface area contributed by atoms with Crippen molar-refractivity contribution >= 4 is 11.6 Å². The first-order valence-corrected chi connectivity index (χ1v) is 6.67. The Morgan fingerprint density at radius 3 is 1.95 bits per heavy atom. The van der Waals surface area contributed by atoms with Gasteiger partial charge in [-0.25, -0.2) is 0 Å². The van der Waals surface area contributed by atoms with E-state index in [9.17, 15) is 14.7 Å². The molecule has 0 saturated carbocycles. The van der Waals surface area contributed by atoms with E-state index in [1.807, 2.05) is 6.92 Å². The van der Waals surface area contributed by atoms with Crippen molar-refractivity contribution < 1.29 is 24.2 Å². The number of hydrogen-bond acceptors (Lipinski definition) is 5. The first kappa shape index (κ1) is 14.1. The molecule has 1 aliphatic carbocycles. The van der Waals surface area contributed by atoms with Crippen LogP contribution in [0.1, 0.15) is 37.4 Å². The number of aryl methyl sites for hydroxylation is 1. The number of ether oxygens (including phenoxy) is 2. The molecule has 5 heteroatoms. The second-order valence-corrected chi connectivity index (χ2v) is 5.12. The zero-order chi connectivity index (χ0) is 16.0. The average molecular weight is 298 g/mol. The fraction of sp³-hybridized carbons (Fsp3) is 0.176. The van der Waals surface area contributed by atoms with E-state index in [2.05, 4.69) is 0 Å². The van der Waals surface area contributed by atoms with Crippen LogP contribution < -0.4 is 9.47 Å². The maximum atomic E-state index is 12.8. The van der Waals surface area contributed by atoms with Gasteiger partial charge >= 0.3 is 0 Å². The summed E-state index contributed by atoms with van der Waals surface area (Å²) < 4.78 is 10.4. The van der Waals surface area contributed by atoms with Gasteiger partial charge in [-0.3, -0.25) is 9.59 Å². The molecule has 0 unspecified atom stereocenters. The number of phenolic OH excluding ortho intramolecular Hbond substituents is 1. The van der Waals surface area contributed by atoms with Crippen LogP contribution in [0.2, 0.25) is 0 Å². The molecule has 112 valence electrons. The zero-order valence-electron chi connectivity index (χ0n) is 12.4. The minimum Gasteiger partial charge on any atom is -0.508 e. The number of hydrogen-bond donors (Lipinski definition) is 1. The number of phenols is 1. The fourth-order valence-corrected chi connectivity index (χ4v) is 2.77. The number of carbonyl (C=O) groups excluding carboxylic acids is 2. The van der Waals surface area contributed by atoms with E-state index in [-0.39, 0.29) is 45.3 Å². The summed E-state index contributed by atoms with van der Waals surface area (Å²) in [7, 11) is 2.84. The first-order chi connectivity index (χ1) is 10.5. The number of ketones is 2. The molecule has 0 atom stereocenters. The van der Waals surface area contributed by atoms with Gasteiger partial charge < -0.3 is 14.6 Å². The molecule has 1 N–H and O–H groups in total. The number of benzene rings is 2. The number of carbonyl (C=O) groups is 2. The minimum absolute atomic E-state index is 0.125. The van der Waals surface area contributed by atoms with Gasteiger partial charge in [0.05, 0.1) is 25.3 Å². The van der Waals surface area contributed by atoms with E-state index < -0.39 is 0 Å². The smallest absolute Gasteiger partial charge is 0.201 e. The van der Waals surface area contributed by atoms with E-state index in [0.29, 0.717) is 5.75 Å². The van der Waals surface area contributed by atoms with E-state index in [4.69, 9.17) is 9.47 Å². The van der Waals surface area contributed by atoms with Crippen LogP contribution in [-0.2, 0) is 0 Å². The summed E-state index contributed by atoms with van der Waals surface area (Å²) in [5, 5.41) is 9.74. The highest BCUT2D eigenvalue weighted by Gasteiger charge is 2.35. The minimum atomic E-state index is -0.349. The summed E-state index contributed by atoms with van der Waals surface area (Å²) in [5.41, 5.74) is 1.62. The Morgan fingerprint density at radius 1 is 0.818 bits per heavy atom. The maximum absolute atomic E-state index is 12.8. The molecule has 22 heavy (non-hydrogen) atoms. The lowest BCUT2D eigenvalue weighted by molar-refractivity contribution is 0.0973. The summed E-state index contributed by atoms with van der Waals surface area (Å²) in [5.74, 6) is -0.283. The summed E-state index contributed by atoms with van der Waals surface area (Å²) in [4.78, 5) is 25.6. The van der Waals surface area contributed by atoms with Crippen molar-refractivity contribution in [2.45, 2.75) is 6.92 Å². The summed E-state index contributed by atoms with van der Waals surface area (Å²) in [6, 6.07) is 5.96. The van der Waals surface area contributed by atoms with Crippen LogP contribution in [0.15, 0.2) is 24.3 Å². The molecular formula is C17H14O5. The molecule has 0 aromatic heterocycles. The number of rotatable bonds is 2. The monoisotopic (exact) mass is 298 g/mol. The lowest BCUT2D eigenvalue weighted by atomic mass is 9.82. The SMILES string of the molecule is COc1cc(C)cc2c1C(=O)c1c(OC)cc(O)cc1C2=O. The van der Waals surface area contributed by atoms with Gasteiger partial charge in [-0.15, -0.1) is 0 Å². The van der Waals surface area contributed by atoms with E-state index in [1.165, 1.54) is 26.4 Å². The second-order valence-electron chi connectivity index (χ2n) is 5.12. The molecule has 0 saturated heterocycles. The molecular weight excluding hydrogens is 284 g/mol. The zero-order valence-corrected chi connectivity index (χ0v) is 12.4. The summed E-state index contributed by atoms with van der Waals surface area (Å²) in [6.07, 6.45) is 0. The molecule has 0 heterocycles. The van der Waals surface area contributed by atoms with Gasteiger partial charge in [0.1, 0.15) is 17.2 Å². The van der Waals surface area contributed by atoms with Crippen molar-refractivity contribution in [3.63, 3.8) is 0 Å². The quantitative estimate of drug-likeness (QED) is 0.787. The van der Waals surface area contributed by atoms with Crippen molar-refractivity contribution in [2.24, 2.45) is 0 Å². The molecule has 0 aliphatic heterocycles. The van der Waals surface area contributed by atoms with Gasteiger partial charge in [0.15, 0.2) is 5.78 Å². The molecule has 0 amide bonds. The number of methoxy groups -OCH3 is 2. The predicted octanol–water partition coefficient (Wildman–Crippen LogP) is 2.49. The Morgan fingerprint density at radius 2 is 1.36 bits per heavy atom. The van der Waals surface area contributed by atoms with E-state index in [0.717, 1.165) is 5.56 Å². The largest absolute Gasteiger partial charge is 0.508 e. The molecule has 2 aromatic rings. The van der Waals surface area contributed by atoms with E-state index in [1.54, 1.807) is 12.1 Å². The normalized spacial score (nSPS) is 12.7. The van der Waals surface area contributed by atoms with Crippen LogP contribution in [0.25, 0.3) is 0 Å². The third-order valence-electron chi connectivity index (χ3n) is 3.72. The van der Waals surface area contributed by atoms with Gasteiger partial charge in [-0.2, -0.15) is 0 Å². The molecule has 1 aliphatic rings. The third kappa shape index (κ3) is 1.86. The molecule has 0 bridgehead atoms. The van der Waals surface area contributed by atoms with Crippen LogP contribution in [0.5, 0.6) is 17.2 Å². The van der Waals surface area contributed by atoms with Crippen molar-refractivity contribution in [3.05, 3.63) is 52.1 Å². The Labute approximate surface area is 127 Å². The standard InChI is InChI=1S/C17H14O5/c1-8-4-10-14(12(5-8)21-2)17(20)15-11(16(10)19)6-9(18)7-13(15)22-3/h4-7,18H,1-3H3. The van der Waals surface area contributed by atoms with E-state index >= 15 is 0 Å². The van der Waals surface area contributed by atoms with Crippen LogP contribution in [0, 0.1) is 6.92 Å². The van der Waals surface area contributed by atoms with Crippen molar-refractivity contribution in [3.8, 4) is 17.2 Å². The van der Waals surface area contributed by atoms with Gasteiger partial charge in [0, 0.05) is 17.2 Å². The fourth-order valence-electron chi connectivity index (χ4n) is 2.77. The van der Waals surface area contributed by atoms with Crippen molar-refractivity contribution in [1.29, 1.82) is 0 Å². The van der Waals surface area contributed by atoms with Crippen molar-refractivity contribution in [1.82, 2.24) is 0 Å². The summed E-state index contributed by atoms with van der Waals surface area (Å²) >= 11 is 0. The van der Waals surface area contributed by atoms with Crippen LogP contribution in [-0.4, -0.2) is 30.9 Å². The van der Waals surface area contributed by atoms with Crippen molar-refractivity contribution in [2.75, 3.05) is 14.2 Å². The highest BCUT2D eigenvalue weighted by molar-refractivity contribution is 6.30. The Hall–Kier alpha value is -2.82. The summed E-state index contributed by atoms with van der Waals surface area (Å²) in [6.45, 7) is 1.82. The molecule has 2 aromatic carbocycles. The number of aromatic hydroxyl groups is 1. The Kier molecular flexibility index (Phi) is 3.13. The molecule has 5 nitrogen and oxygen atoms in total. The average Bonchev–Trinajstić information content (AvgIpc) is 2.50. The van der Waals surface area contributed by atoms with Crippen LogP contribution >= 0.6 is 0 Å². The second kappa shape index (κ2) is 4.87. The molecule has 3 rings (SSSR count). The Bertz CT molecular complexity index is 755. The Balaban J connectivity index is 2.37. The third-order valence-corrected chi connectivity index (χ3v) is 3.72. The van der Waals surface area contributed by atoms with Crippen LogP contribution in [0.4, 0.5) is 0 Å². The topological polar surface area (TPSA) is 72.8 Å². The lowest BCUT2D eigenvalue weighted by Crippen LogP contribution is -2.22. The van der Waals surface area contributed by atoms with Crippen LogP contribution in [0.3, 0.4) is 0 Å². The predicted molar refractivity (Wildman–Crippen MR) is 79.3 cm³/mol. The molecule has 0 fully saturated rings. The van der Waals surface area contributed by atoms with Gasteiger partial charge in [-0.05, 0) is 30.7 Å². The lowest BCUT2D eigenvalue weighted by Gasteiger charge is -2.22. The maximum Gasteiger partial charge on any atom is 0.201 e. The van der Waals surface area contributed by atoms with Gasteiger partial charge in [0.25, 0.3) is 0 Å². The first-order valence-electron chi connectivity index (χ1n) is 6.67. The van der Waals surface area contributed by atoms with Gasteiger partial charge in [-0.1, -0.05) is 0 Å². The highest BCUT2D eigenvalue weighted by Crippen LogP contribution is 2.39.